The number of carbonyl (C=O) groups is 2. The zero-order chi connectivity index (χ0) is 30.7. The number of nitrogens with zero attached hydrogens (tertiary/aromatic N) is 2. The van der Waals surface area contributed by atoms with Gasteiger partial charge in [0.15, 0.2) is 0 Å². The van der Waals surface area contributed by atoms with Gasteiger partial charge >= 0.3 is 0 Å². The van der Waals surface area contributed by atoms with E-state index in [1.165, 1.54) is 17.0 Å². The molecule has 0 heterocycles. The molecule has 42 heavy (non-hydrogen) atoms. The van der Waals surface area contributed by atoms with E-state index in [9.17, 15) is 18.0 Å². The first-order chi connectivity index (χ1) is 20.1. The Hall–Kier alpha value is -4.05. The van der Waals surface area contributed by atoms with E-state index in [-0.39, 0.29) is 17.3 Å². The summed E-state index contributed by atoms with van der Waals surface area (Å²) in [6, 6.07) is 19.4. The van der Waals surface area contributed by atoms with Crippen molar-refractivity contribution in [2.24, 2.45) is 0 Å². The molecule has 0 aliphatic carbocycles. The second-order valence-electron chi connectivity index (χ2n) is 9.95. The Kier molecular flexibility index (Phi) is 11.8. The molecule has 0 saturated heterocycles. The van der Waals surface area contributed by atoms with Crippen molar-refractivity contribution in [3.05, 3.63) is 83.9 Å². The second kappa shape index (κ2) is 15.3. The van der Waals surface area contributed by atoms with Crippen LogP contribution in [-0.4, -0.2) is 58.0 Å². The zero-order valence-corrected chi connectivity index (χ0v) is 25.8. The minimum atomic E-state index is -4.16. The number of unbranched alkanes of at least 4 members (excludes halogenated alkanes) is 1. The Morgan fingerprint density at radius 3 is 2.26 bits per heavy atom. The van der Waals surface area contributed by atoms with Crippen LogP contribution >= 0.6 is 0 Å². The van der Waals surface area contributed by atoms with Crippen molar-refractivity contribution >= 4 is 27.5 Å². The van der Waals surface area contributed by atoms with E-state index < -0.39 is 28.5 Å². The van der Waals surface area contributed by atoms with Gasteiger partial charge in [0.2, 0.25) is 11.8 Å². The normalized spacial score (nSPS) is 11.8. The highest BCUT2D eigenvalue weighted by atomic mass is 32.2. The molecule has 0 saturated carbocycles. The Morgan fingerprint density at radius 2 is 1.64 bits per heavy atom. The number of hydrogen-bond donors (Lipinski definition) is 1. The molecule has 0 radical (unpaired) electrons. The highest BCUT2D eigenvalue weighted by molar-refractivity contribution is 7.92. The first-order valence-corrected chi connectivity index (χ1v) is 15.6. The first-order valence-electron chi connectivity index (χ1n) is 14.1. The van der Waals surface area contributed by atoms with Gasteiger partial charge in [-0.25, -0.2) is 8.42 Å². The Balaban J connectivity index is 2.00. The molecule has 0 aromatic heterocycles. The van der Waals surface area contributed by atoms with Crippen LogP contribution in [0.15, 0.2) is 77.7 Å². The molecule has 0 bridgehead atoms. The van der Waals surface area contributed by atoms with Crippen molar-refractivity contribution in [2.75, 3.05) is 31.1 Å². The molecule has 2 amide bonds. The lowest BCUT2D eigenvalue weighted by Gasteiger charge is -2.32. The maximum absolute atomic E-state index is 14.0. The van der Waals surface area contributed by atoms with Crippen molar-refractivity contribution in [1.82, 2.24) is 10.2 Å². The summed E-state index contributed by atoms with van der Waals surface area (Å²) in [5.41, 5.74) is 2.02. The highest BCUT2D eigenvalue weighted by Crippen LogP contribution is 2.26. The molecule has 0 spiro atoms. The standard InChI is InChI=1S/C32H41N3O6S/c1-6-8-20-33-32(37)25(4)34(22-26-10-9-11-29(21-26)40-5)31(36)23-35(27-14-12-24(3)13-15-27)42(38,39)30-18-16-28(17-19-30)41-7-2/h9-19,21,25H,6-8,20,22-23H2,1-5H3,(H,33,37). The van der Waals surface area contributed by atoms with Crippen molar-refractivity contribution < 1.29 is 27.5 Å². The Bertz CT molecular complexity index is 1430. The van der Waals surface area contributed by atoms with Crippen molar-refractivity contribution in [1.29, 1.82) is 0 Å². The number of amides is 2. The zero-order valence-electron chi connectivity index (χ0n) is 25.0. The average molecular weight is 596 g/mol. The van der Waals surface area contributed by atoms with Gasteiger partial charge in [0.25, 0.3) is 10.0 Å². The van der Waals surface area contributed by atoms with Gasteiger partial charge in [0.05, 0.1) is 24.3 Å². The van der Waals surface area contributed by atoms with Crippen LogP contribution in [0.1, 0.15) is 44.7 Å². The van der Waals surface area contributed by atoms with Crippen LogP contribution in [0.5, 0.6) is 11.5 Å². The predicted octanol–water partition coefficient (Wildman–Crippen LogP) is 4.93. The number of rotatable bonds is 15. The fraction of sp³-hybridized carbons (Fsp3) is 0.375. The number of aryl methyl sites for hydroxylation is 1. The van der Waals surface area contributed by atoms with Gasteiger partial charge in [0.1, 0.15) is 24.1 Å². The van der Waals surface area contributed by atoms with Crippen LogP contribution in [0.3, 0.4) is 0 Å². The average Bonchev–Trinajstić information content (AvgIpc) is 2.99. The van der Waals surface area contributed by atoms with E-state index in [0.717, 1.165) is 28.3 Å². The minimum Gasteiger partial charge on any atom is -0.497 e. The Labute approximate surface area is 249 Å². The number of nitrogens with one attached hydrogen (secondary N) is 1. The number of anilines is 1. The van der Waals surface area contributed by atoms with Gasteiger partial charge in [-0.1, -0.05) is 43.2 Å². The van der Waals surface area contributed by atoms with Crippen LogP contribution in [0, 0.1) is 6.92 Å². The van der Waals surface area contributed by atoms with Gasteiger partial charge in [0, 0.05) is 13.1 Å². The maximum Gasteiger partial charge on any atom is 0.264 e. The number of ether oxygens (including phenoxy) is 2. The van der Waals surface area contributed by atoms with Gasteiger partial charge in [-0.2, -0.15) is 0 Å². The molecular weight excluding hydrogens is 554 g/mol. The lowest BCUT2D eigenvalue weighted by Crippen LogP contribution is -2.51. The lowest BCUT2D eigenvalue weighted by atomic mass is 10.1. The van der Waals surface area contributed by atoms with E-state index >= 15 is 0 Å². The van der Waals surface area contributed by atoms with Crippen LogP contribution in [0.2, 0.25) is 0 Å². The number of benzene rings is 3. The molecule has 0 aliphatic rings. The summed E-state index contributed by atoms with van der Waals surface area (Å²) in [5.74, 6) is 0.322. The van der Waals surface area contributed by atoms with E-state index in [1.54, 1.807) is 68.6 Å². The van der Waals surface area contributed by atoms with Crippen LogP contribution in [-0.2, 0) is 26.2 Å². The largest absolute Gasteiger partial charge is 0.497 e. The maximum atomic E-state index is 14.0. The third kappa shape index (κ3) is 8.48. The summed E-state index contributed by atoms with van der Waals surface area (Å²) in [6.07, 6.45) is 1.72. The van der Waals surface area contributed by atoms with Crippen LogP contribution in [0.4, 0.5) is 5.69 Å². The third-order valence-corrected chi connectivity index (χ3v) is 8.60. The smallest absolute Gasteiger partial charge is 0.264 e. The Morgan fingerprint density at radius 1 is 0.952 bits per heavy atom. The van der Waals surface area contributed by atoms with Crippen molar-refractivity contribution in [2.45, 2.75) is 58.0 Å². The number of carbonyl (C=O) groups excluding carboxylic acids is 2. The molecule has 3 aromatic rings. The third-order valence-electron chi connectivity index (χ3n) is 6.81. The fourth-order valence-corrected chi connectivity index (χ4v) is 5.74. The molecule has 0 fully saturated rings. The van der Waals surface area contributed by atoms with Gasteiger partial charge < -0.3 is 19.7 Å². The van der Waals surface area contributed by atoms with E-state index in [0.29, 0.717) is 30.3 Å². The van der Waals surface area contributed by atoms with Crippen LogP contribution < -0.4 is 19.1 Å². The fourth-order valence-electron chi connectivity index (χ4n) is 4.33. The first kappa shape index (κ1) is 32.5. The van der Waals surface area contributed by atoms with Crippen molar-refractivity contribution in [3.8, 4) is 11.5 Å². The number of sulfonamides is 1. The van der Waals surface area contributed by atoms with E-state index in [1.807, 2.05) is 26.8 Å². The molecule has 10 heteroatoms. The van der Waals surface area contributed by atoms with E-state index in [4.69, 9.17) is 9.47 Å². The van der Waals surface area contributed by atoms with Crippen LogP contribution in [0.25, 0.3) is 0 Å². The molecule has 3 rings (SSSR count). The molecule has 1 atom stereocenters. The molecule has 0 aliphatic heterocycles. The van der Waals surface area contributed by atoms with Gasteiger partial charge in [-0.3, -0.25) is 13.9 Å². The summed E-state index contributed by atoms with van der Waals surface area (Å²) in [6.45, 7) is 7.94. The monoisotopic (exact) mass is 595 g/mol. The molecule has 1 N–H and O–H groups in total. The predicted molar refractivity (Wildman–Crippen MR) is 164 cm³/mol. The molecule has 1 unspecified atom stereocenters. The summed E-state index contributed by atoms with van der Waals surface area (Å²) in [4.78, 5) is 28.6. The topological polar surface area (TPSA) is 105 Å². The van der Waals surface area contributed by atoms with E-state index in [2.05, 4.69) is 5.32 Å². The minimum absolute atomic E-state index is 0.0176. The molecule has 9 nitrogen and oxygen atoms in total. The highest BCUT2D eigenvalue weighted by Gasteiger charge is 2.32. The number of hydrogen-bond acceptors (Lipinski definition) is 6. The van der Waals surface area contributed by atoms with Gasteiger partial charge in [-0.05, 0) is 81.3 Å². The SMILES string of the molecule is CCCCNC(=O)C(C)N(Cc1cccc(OC)c1)C(=O)CN(c1ccc(C)cc1)S(=O)(=O)c1ccc(OCC)cc1. The lowest BCUT2D eigenvalue weighted by molar-refractivity contribution is -0.139. The molecule has 226 valence electrons. The number of methoxy groups -OCH3 is 1. The second-order valence-corrected chi connectivity index (χ2v) is 11.8. The summed E-state index contributed by atoms with van der Waals surface area (Å²) < 4.78 is 39.9. The molecule has 3 aromatic carbocycles. The van der Waals surface area contributed by atoms with Gasteiger partial charge in [-0.15, -0.1) is 0 Å². The molecular formula is C32H41N3O6S. The summed E-state index contributed by atoms with van der Waals surface area (Å²) in [5, 5.41) is 2.89. The summed E-state index contributed by atoms with van der Waals surface area (Å²) >= 11 is 0. The summed E-state index contributed by atoms with van der Waals surface area (Å²) in [7, 11) is -2.61. The van der Waals surface area contributed by atoms with Crippen molar-refractivity contribution in [3.63, 3.8) is 0 Å². The quantitative estimate of drug-likeness (QED) is 0.250.